The molecule has 0 aliphatic carbocycles. The Bertz CT molecular complexity index is 476. The van der Waals surface area contributed by atoms with E-state index in [0.29, 0.717) is 11.1 Å². The first-order valence-corrected chi connectivity index (χ1v) is 7.76. The highest BCUT2D eigenvalue weighted by molar-refractivity contribution is 6.31. The average molecular weight is 282 g/mol. The van der Waals surface area contributed by atoms with Gasteiger partial charge in [-0.15, -0.1) is 0 Å². The Morgan fingerprint density at radius 3 is 2.21 bits per heavy atom. The largest absolute Gasteiger partial charge is 0.414 e. The Hall–Kier alpha value is -1.00. The third-order valence-corrected chi connectivity index (χ3v) is 4.62. The normalized spacial score (nSPS) is 13.2. The van der Waals surface area contributed by atoms with Gasteiger partial charge in [-0.2, -0.15) is 0 Å². The number of hydrogen-bond acceptors (Lipinski definition) is 2. The number of Topliss-reactive ketones (excluding diaryl/α,β-unsaturated/α-hetero) is 1. The lowest BCUT2D eigenvalue weighted by Gasteiger charge is -2.30. The van der Waals surface area contributed by atoms with Gasteiger partial charge in [-0.25, -0.2) is 4.39 Å². The van der Waals surface area contributed by atoms with Crippen LogP contribution >= 0.6 is 0 Å². The van der Waals surface area contributed by atoms with Crippen LogP contribution < -0.4 is 0 Å². The number of carbonyl (C=O) groups is 1. The smallest absolute Gasteiger partial charge is 0.168 e. The highest BCUT2D eigenvalue weighted by Crippen LogP contribution is 2.31. The highest BCUT2D eigenvalue weighted by atomic mass is 28.2. The number of rotatable bonds is 4. The standard InChI is InChI=1S/C15H23FO2Si/c1-10(17)11-7-8-12(13(16)9-11)15(5,6)18-19-14(2,3)4/h7-9H,19H2,1-6H3. The molecule has 0 N–H and O–H groups in total. The van der Waals surface area contributed by atoms with Crippen LogP contribution in [0.4, 0.5) is 4.39 Å². The van der Waals surface area contributed by atoms with Gasteiger partial charge < -0.3 is 4.43 Å². The van der Waals surface area contributed by atoms with Gasteiger partial charge in [0.15, 0.2) is 15.5 Å². The van der Waals surface area contributed by atoms with Gasteiger partial charge in [-0.3, -0.25) is 4.79 Å². The van der Waals surface area contributed by atoms with E-state index in [0.717, 1.165) is 0 Å². The van der Waals surface area contributed by atoms with Crippen molar-refractivity contribution in [2.75, 3.05) is 0 Å². The van der Waals surface area contributed by atoms with Gasteiger partial charge in [0.05, 0.1) is 5.60 Å². The maximum atomic E-state index is 14.1. The summed E-state index contributed by atoms with van der Waals surface area (Å²) in [4.78, 5) is 11.2. The summed E-state index contributed by atoms with van der Waals surface area (Å²) < 4.78 is 20.1. The van der Waals surface area contributed by atoms with Crippen molar-refractivity contribution in [3.8, 4) is 0 Å². The van der Waals surface area contributed by atoms with Crippen LogP contribution in [0.25, 0.3) is 0 Å². The third kappa shape index (κ3) is 4.55. The van der Waals surface area contributed by atoms with E-state index >= 15 is 0 Å². The molecule has 0 radical (unpaired) electrons. The van der Waals surface area contributed by atoms with Crippen LogP contribution in [0.5, 0.6) is 0 Å². The Labute approximate surface area is 117 Å². The van der Waals surface area contributed by atoms with Crippen molar-refractivity contribution in [3.63, 3.8) is 0 Å². The summed E-state index contributed by atoms with van der Waals surface area (Å²) in [7, 11) is -0.773. The molecule has 4 heteroatoms. The van der Waals surface area contributed by atoms with Crippen LogP contribution in [0.15, 0.2) is 18.2 Å². The first-order valence-electron chi connectivity index (χ1n) is 6.48. The lowest BCUT2D eigenvalue weighted by Crippen LogP contribution is -2.28. The summed E-state index contributed by atoms with van der Waals surface area (Å²) >= 11 is 0. The number of ketones is 1. The van der Waals surface area contributed by atoms with E-state index in [1.807, 2.05) is 13.8 Å². The van der Waals surface area contributed by atoms with Crippen molar-refractivity contribution >= 4 is 15.5 Å². The van der Waals surface area contributed by atoms with Crippen molar-refractivity contribution in [1.29, 1.82) is 0 Å². The van der Waals surface area contributed by atoms with E-state index in [2.05, 4.69) is 20.8 Å². The molecule has 0 fully saturated rings. The lowest BCUT2D eigenvalue weighted by atomic mass is 9.96. The molecule has 1 aromatic carbocycles. The van der Waals surface area contributed by atoms with Crippen molar-refractivity contribution in [2.45, 2.75) is 52.2 Å². The van der Waals surface area contributed by atoms with Crippen LogP contribution in [0.3, 0.4) is 0 Å². The number of carbonyl (C=O) groups excluding carboxylic acids is 1. The minimum Gasteiger partial charge on any atom is -0.414 e. The predicted octanol–water partition coefficient (Wildman–Crippen LogP) is 3.58. The Balaban J connectivity index is 2.98. The average Bonchev–Trinajstić information content (AvgIpc) is 2.25. The summed E-state index contributed by atoms with van der Waals surface area (Å²) in [6.45, 7) is 11.6. The quantitative estimate of drug-likeness (QED) is 0.623. The fraction of sp³-hybridized carbons (Fsp3) is 0.533. The van der Waals surface area contributed by atoms with E-state index in [1.165, 1.54) is 13.0 Å². The van der Waals surface area contributed by atoms with Gasteiger partial charge in [-0.05, 0) is 31.9 Å². The van der Waals surface area contributed by atoms with Crippen molar-refractivity contribution in [3.05, 3.63) is 35.1 Å². The molecule has 0 saturated carbocycles. The molecule has 0 aromatic heterocycles. The molecule has 0 saturated heterocycles. The van der Waals surface area contributed by atoms with E-state index in [4.69, 9.17) is 4.43 Å². The zero-order valence-electron chi connectivity index (χ0n) is 12.6. The topological polar surface area (TPSA) is 26.3 Å². The van der Waals surface area contributed by atoms with E-state index in [1.54, 1.807) is 12.1 Å². The molecule has 1 aromatic rings. The number of benzene rings is 1. The fourth-order valence-electron chi connectivity index (χ4n) is 1.70. The van der Waals surface area contributed by atoms with Gasteiger partial charge in [0.1, 0.15) is 5.82 Å². The van der Waals surface area contributed by atoms with Crippen LogP contribution in [0.1, 0.15) is 57.5 Å². The molecular weight excluding hydrogens is 259 g/mol. The van der Waals surface area contributed by atoms with Crippen LogP contribution in [0, 0.1) is 5.82 Å². The zero-order valence-corrected chi connectivity index (χ0v) is 14.0. The molecule has 19 heavy (non-hydrogen) atoms. The number of halogens is 1. The molecular formula is C15H23FO2Si. The predicted molar refractivity (Wildman–Crippen MR) is 78.8 cm³/mol. The molecule has 0 bridgehead atoms. The molecule has 0 heterocycles. The molecule has 0 aliphatic heterocycles. The van der Waals surface area contributed by atoms with E-state index < -0.39 is 15.4 Å². The second-order valence-electron chi connectivity index (χ2n) is 6.61. The molecule has 0 spiro atoms. The molecule has 0 aliphatic rings. The van der Waals surface area contributed by atoms with Gasteiger partial charge in [-0.1, -0.05) is 32.9 Å². The van der Waals surface area contributed by atoms with E-state index in [-0.39, 0.29) is 16.6 Å². The minimum absolute atomic E-state index is 0.131. The second-order valence-corrected chi connectivity index (χ2v) is 9.31. The van der Waals surface area contributed by atoms with Gasteiger partial charge in [0.25, 0.3) is 0 Å². The Morgan fingerprint density at radius 1 is 1.21 bits per heavy atom. The maximum Gasteiger partial charge on any atom is 0.168 e. The van der Waals surface area contributed by atoms with Crippen molar-refractivity contribution in [1.82, 2.24) is 0 Å². The van der Waals surface area contributed by atoms with E-state index in [9.17, 15) is 9.18 Å². The molecule has 2 nitrogen and oxygen atoms in total. The van der Waals surface area contributed by atoms with Gasteiger partial charge in [0, 0.05) is 11.1 Å². The first-order chi connectivity index (χ1) is 8.53. The molecule has 106 valence electrons. The number of hydrogen-bond donors (Lipinski definition) is 0. The summed E-state index contributed by atoms with van der Waals surface area (Å²) in [5, 5.41) is 0.160. The molecule has 1 rings (SSSR count). The summed E-state index contributed by atoms with van der Waals surface area (Å²) in [6, 6.07) is 4.61. The summed E-state index contributed by atoms with van der Waals surface area (Å²) in [6.07, 6.45) is 0. The minimum atomic E-state index is -0.773. The maximum absolute atomic E-state index is 14.1. The van der Waals surface area contributed by atoms with Crippen molar-refractivity contribution in [2.24, 2.45) is 0 Å². The fourth-order valence-corrected chi connectivity index (χ4v) is 2.65. The van der Waals surface area contributed by atoms with Crippen LogP contribution in [0.2, 0.25) is 5.04 Å². The summed E-state index contributed by atoms with van der Waals surface area (Å²) in [5.74, 6) is -0.506. The van der Waals surface area contributed by atoms with Gasteiger partial charge >= 0.3 is 0 Å². The lowest BCUT2D eigenvalue weighted by molar-refractivity contribution is 0.100. The monoisotopic (exact) mass is 282 g/mol. The summed E-state index contributed by atoms with van der Waals surface area (Å²) in [5.41, 5.74) is 0.248. The Morgan fingerprint density at radius 2 is 1.79 bits per heavy atom. The Kier molecular flexibility index (Phi) is 4.69. The highest BCUT2D eigenvalue weighted by Gasteiger charge is 2.27. The van der Waals surface area contributed by atoms with Crippen LogP contribution in [-0.2, 0) is 10.0 Å². The molecule has 0 unspecified atom stereocenters. The first kappa shape index (κ1) is 16.1. The van der Waals surface area contributed by atoms with Gasteiger partial charge in [0.2, 0.25) is 0 Å². The van der Waals surface area contributed by atoms with Crippen molar-refractivity contribution < 1.29 is 13.6 Å². The van der Waals surface area contributed by atoms with Crippen LogP contribution in [-0.4, -0.2) is 15.5 Å². The molecule has 0 amide bonds. The zero-order chi connectivity index (χ0) is 14.8. The SMILES string of the molecule is CC(=O)c1ccc(C(C)(C)O[SiH2]C(C)(C)C)c(F)c1. The third-order valence-electron chi connectivity index (χ3n) is 2.89. The second kappa shape index (κ2) is 5.55. The molecule has 0 atom stereocenters.